The number of nitrogens with one attached hydrogen (secondary N) is 1. The molecule has 0 aliphatic carbocycles. The molecule has 2 fully saturated rings. The van der Waals surface area contributed by atoms with Crippen LogP contribution in [0.15, 0.2) is 0 Å². The fraction of sp³-hybridized carbons (Fsp3) is 1.00. The Balaban J connectivity index is 1.84. The molecule has 2 N–H and O–H groups in total. The largest absolute Gasteiger partial charge is 0.395 e. The maximum Gasteiger partial charge on any atom is 0.0585 e. The molecule has 0 saturated carbocycles. The first-order valence-corrected chi connectivity index (χ1v) is 5.48. The molecule has 13 heavy (non-hydrogen) atoms. The van der Waals surface area contributed by atoms with Gasteiger partial charge in [0.05, 0.1) is 6.61 Å². The van der Waals surface area contributed by atoms with Gasteiger partial charge in [-0.1, -0.05) is 0 Å². The van der Waals surface area contributed by atoms with Gasteiger partial charge in [-0.3, -0.25) is 0 Å². The summed E-state index contributed by atoms with van der Waals surface area (Å²) in [5.74, 6) is 0. The van der Waals surface area contributed by atoms with Crippen molar-refractivity contribution < 1.29 is 5.11 Å². The highest BCUT2D eigenvalue weighted by atomic mass is 16.3. The molecule has 2 atom stereocenters. The Morgan fingerprint density at radius 3 is 2.77 bits per heavy atom. The van der Waals surface area contributed by atoms with Gasteiger partial charge in [-0.2, -0.15) is 0 Å². The highest BCUT2D eigenvalue weighted by Crippen LogP contribution is 2.20. The molecule has 76 valence electrons. The lowest BCUT2D eigenvalue weighted by Crippen LogP contribution is -2.48. The van der Waals surface area contributed by atoms with E-state index in [0.29, 0.717) is 12.6 Å². The van der Waals surface area contributed by atoms with Crippen LogP contribution in [0.3, 0.4) is 0 Å². The van der Waals surface area contributed by atoms with Crippen molar-refractivity contribution in [2.24, 2.45) is 0 Å². The highest BCUT2D eigenvalue weighted by molar-refractivity contribution is 4.85. The van der Waals surface area contributed by atoms with Crippen LogP contribution in [0, 0.1) is 0 Å². The summed E-state index contributed by atoms with van der Waals surface area (Å²) in [4.78, 5) is 2.60. The van der Waals surface area contributed by atoms with E-state index in [1.165, 1.54) is 32.4 Å². The van der Waals surface area contributed by atoms with E-state index in [0.717, 1.165) is 19.0 Å². The Hall–Kier alpha value is -0.120. The summed E-state index contributed by atoms with van der Waals surface area (Å²) in [6.07, 6.45) is 5.13. The van der Waals surface area contributed by atoms with Crippen molar-refractivity contribution in [3.63, 3.8) is 0 Å². The van der Waals surface area contributed by atoms with Crippen LogP contribution in [-0.2, 0) is 0 Å². The van der Waals surface area contributed by atoms with Gasteiger partial charge in [-0.25, -0.2) is 0 Å². The average molecular weight is 184 g/mol. The lowest BCUT2D eigenvalue weighted by atomic mass is 9.99. The smallest absolute Gasteiger partial charge is 0.0585 e. The maximum atomic E-state index is 9.07. The third-order valence-corrected chi connectivity index (χ3v) is 3.34. The van der Waals surface area contributed by atoms with Gasteiger partial charge < -0.3 is 15.3 Å². The van der Waals surface area contributed by atoms with Gasteiger partial charge in [0.15, 0.2) is 0 Å². The SMILES string of the molecule is OCC1CC(N2CCCC2)CCN1. The molecule has 0 aromatic rings. The van der Waals surface area contributed by atoms with Crippen LogP contribution in [0.4, 0.5) is 0 Å². The van der Waals surface area contributed by atoms with E-state index in [-0.39, 0.29) is 0 Å². The third-order valence-electron chi connectivity index (χ3n) is 3.34. The Kier molecular flexibility index (Phi) is 3.19. The van der Waals surface area contributed by atoms with E-state index in [1.807, 2.05) is 0 Å². The van der Waals surface area contributed by atoms with Crippen LogP contribution in [-0.4, -0.2) is 48.3 Å². The van der Waals surface area contributed by atoms with Crippen molar-refractivity contribution in [1.82, 2.24) is 10.2 Å². The third kappa shape index (κ3) is 2.22. The molecule has 2 aliphatic rings. The molecule has 0 radical (unpaired) electrons. The molecule has 2 heterocycles. The summed E-state index contributed by atoms with van der Waals surface area (Å²) in [5.41, 5.74) is 0. The number of nitrogens with zero attached hydrogens (tertiary/aromatic N) is 1. The normalized spacial score (nSPS) is 36.7. The first-order chi connectivity index (χ1) is 6.40. The van der Waals surface area contributed by atoms with Crippen molar-refractivity contribution in [2.75, 3.05) is 26.2 Å². The zero-order chi connectivity index (χ0) is 9.10. The Bertz CT molecular complexity index is 157. The molecule has 3 nitrogen and oxygen atoms in total. The molecular formula is C10H20N2O. The van der Waals surface area contributed by atoms with Gasteiger partial charge in [0.1, 0.15) is 0 Å². The molecule has 2 rings (SSSR count). The second-order valence-electron chi connectivity index (χ2n) is 4.25. The van der Waals surface area contributed by atoms with Gasteiger partial charge in [0.25, 0.3) is 0 Å². The Morgan fingerprint density at radius 2 is 2.08 bits per heavy atom. The summed E-state index contributed by atoms with van der Waals surface area (Å²) in [6.45, 7) is 3.93. The predicted molar refractivity (Wildman–Crippen MR) is 52.7 cm³/mol. The highest BCUT2D eigenvalue weighted by Gasteiger charge is 2.27. The number of hydrogen-bond acceptors (Lipinski definition) is 3. The first kappa shape index (κ1) is 9.44. The van der Waals surface area contributed by atoms with Crippen LogP contribution in [0.1, 0.15) is 25.7 Å². The quantitative estimate of drug-likeness (QED) is 0.643. The number of rotatable bonds is 2. The topological polar surface area (TPSA) is 35.5 Å². The zero-order valence-electron chi connectivity index (χ0n) is 8.21. The molecule has 0 aromatic heterocycles. The summed E-state index contributed by atoms with van der Waals surface area (Å²) in [6, 6.07) is 1.08. The molecular weight excluding hydrogens is 164 g/mol. The van der Waals surface area contributed by atoms with E-state index in [2.05, 4.69) is 10.2 Å². The molecule has 0 amide bonds. The Morgan fingerprint density at radius 1 is 1.31 bits per heavy atom. The summed E-state index contributed by atoms with van der Waals surface area (Å²) < 4.78 is 0. The standard InChI is InChI=1S/C10H20N2O/c13-8-9-7-10(3-4-11-9)12-5-1-2-6-12/h9-11,13H,1-8H2. The summed E-state index contributed by atoms with van der Waals surface area (Å²) in [5, 5.41) is 12.4. The van der Waals surface area contributed by atoms with E-state index < -0.39 is 0 Å². The minimum absolute atomic E-state index is 0.296. The minimum atomic E-state index is 0.296. The van der Waals surface area contributed by atoms with E-state index in [9.17, 15) is 0 Å². The van der Waals surface area contributed by atoms with E-state index in [4.69, 9.17) is 5.11 Å². The molecule has 0 bridgehead atoms. The summed E-state index contributed by atoms with van der Waals surface area (Å²) >= 11 is 0. The van der Waals surface area contributed by atoms with E-state index >= 15 is 0 Å². The van der Waals surface area contributed by atoms with Crippen LogP contribution >= 0.6 is 0 Å². The number of aliphatic hydroxyl groups is 1. The monoisotopic (exact) mass is 184 g/mol. The Labute approximate surface area is 80.1 Å². The average Bonchev–Trinajstić information content (AvgIpc) is 2.71. The van der Waals surface area contributed by atoms with Gasteiger partial charge in [-0.05, 0) is 45.3 Å². The molecule has 0 aromatic carbocycles. The first-order valence-electron chi connectivity index (χ1n) is 5.48. The number of aliphatic hydroxyl groups excluding tert-OH is 1. The van der Waals surface area contributed by atoms with Crippen molar-refractivity contribution in [3.8, 4) is 0 Å². The fourth-order valence-corrected chi connectivity index (χ4v) is 2.56. The van der Waals surface area contributed by atoms with Gasteiger partial charge >= 0.3 is 0 Å². The molecule has 3 heteroatoms. The fourth-order valence-electron chi connectivity index (χ4n) is 2.56. The van der Waals surface area contributed by atoms with Crippen LogP contribution in [0.25, 0.3) is 0 Å². The van der Waals surface area contributed by atoms with Crippen LogP contribution in [0.5, 0.6) is 0 Å². The molecule has 2 unspecified atom stereocenters. The lowest BCUT2D eigenvalue weighted by molar-refractivity contribution is 0.140. The molecule has 2 aliphatic heterocycles. The number of hydrogen-bond donors (Lipinski definition) is 2. The predicted octanol–water partition coefficient (Wildman–Crippen LogP) is 0.195. The lowest BCUT2D eigenvalue weighted by Gasteiger charge is -2.35. The maximum absolute atomic E-state index is 9.07. The molecule has 0 spiro atoms. The van der Waals surface area contributed by atoms with Gasteiger partial charge in [0.2, 0.25) is 0 Å². The zero-order valence-corrected chi connectivity index (χ0v) is 8.21. The van der Waals surface area contributed by atoms with Crippen LogP contribution in [0.2, 0.25) is 0 Å². The van der Waals surface area contributed by atoms with Crippen molar-refractivity contribution >= 4 is 0 Å². The minimum Gasteiger partial charge on any atom is -0.395 e. The van der Waals surface area contributed by atoms with Crippen molar-refractivity contribution in [2.45, 2.75) is 37.8 Å². The molecule has 2 saturated heterocycles. The second-order valence-corrected chi connectivity index (χ2v) is 4.25. The summed E-state index contributed by atoms with van der Waals surface area (Å²) in [7, 11) is 0. The number of piperidine rings is 1. The second kappa shape index (κ2) is 4.40. The van der Waals surface area contributed by atoms with Gasteiger partial charge in [-0.15, -0.1) is 0 Å². The van der Waals surface area contributed by atoms with Gasteiger partial charge in [0, 0.05) is 12.1 Å². The number of likely N-dealkylation sites (tertiary alicyclic amines) is 1. The van der Waals surface area contributed by atoms with Crippen LogP contribution < -0.4 is 5.32 Å². The van der Waals surface area contributed by atoms with Crippen molar-refractivity contribution in [1.29, 1.82) is 0 Å². The van der Waals surface area contributed by atoms with Crippen molar-refractivity contribution in [3.05, 3.63) is 0 Å². The van der Waals surface area contributed by atoms with E-state index in [1.54, 1.807) is 0 Å².